The summed E-state index contributed by atoms with van der Waals surface area (Å²) in [5.41, 5.74) is 19.1. The Hall–Kier alpha value is -6.18. The van der Waals surface area contributed by atoms with E-state index in [4.69, 9.17) is 0 Å². The molecule has 2 aliphatic carbocycles. The fraction of sp³-hybridized carbons (Fsp3) is 0.115. The summed E-state index contributed by atoms with van der Waals surface area (Å²) in [6, 6.07) is 65.2. The Morgan fingerprint density at radius 2 is 0.925 bits per heavy atom. The van der Waals surface area contributed by atoms with E-state index in [1.54, 1.807) is 0 Å². The minimum Gasteiger partial charge on any atom is -0.310 e. The molecule has 0 atom stereocenters. The van der Waals surface area contributed by atoms with Crippen molar-refractivity contribution in [2.75, 3.05) is 4.90 Å². The Morgan fingerprint density at radius 3 is 1.72 bits per heavy atom. The van der Waals surface area contributed by atoms with E-state index in [9.17, 15) is 0 Å². The highest BCUT2D eigenvalue weighted by Gasteiger charge is 2.36. The van der Waals surface area contributed by atoms with Crippen molar-refractivity contribution in [3.63, 3.8) is 0 Å². The number of anilines is 3. The zero-order valence-corrected chi connectivity index (χ0v) is 30.7. The van der Waals surface area contributed by atoms with Gasteiger partial charge >= 0.3 is 0 Å². The lowest BCUT2D eigenvalue weighted by molar-refractivity contribution is 0.645. The molecule has 8 aromatic rings. The highest BCUT2D eigenvalue weighted by atomic mass is 15.1. The number of rotatable bonds is 5. The van der Waals surface area contributed by atoms with E-state index < -0.39 is 0 Å². The second-order valence-corrected chi connectivity index (χ2v) is 15.8. The highest BCUT2D eigenvalue weighted by molar-refractivity contribution is 6.09. The molecule has 0 amide bonds. The maximum absolute atomic E-state index is 2.44. The molecule has 8 aromatic carbocycles. The van der Waals surface area contributed by atoms with Gasteiger partial charge in [0, 0.05) is 27.9 Å². The Kier molecular flexibility index (Phi) is 6.94. The van der Waals surface area contributed by atoms with Gasteiger partial charge in [-0.1, -0.05) is 161 Å². The number of fused-ring (bicyclic) bond motifs is 5. The number of benzene rings is 8. The van der Waals surface area contributed by atoms with Gasteiger partial charge in [-0.15, -0.1) is 0 Å². The van der Waals surface area contributed by atoms with Gasteiger partial charge in [0.25, 0.3) is 0 Å². The second-order valence-electron chi connectivity index (χ2n) is 15.8. The van der Waals surface area contributed by atoms with Gasteiger partial charge in [0.05, 0.1) is 0 Å². The van der Waals surface area contributed by atoms with E-state index in [0.29, 0.717) is 0 Å². The summed E-state index contributed by atoms with van der Waals surface area (Å²) < 4.78 is 0. The van der Waals surface area contributed by atoms with Gasteiger partial charge in [0.15, 0.2) is 0 Å². The van der Waals surface area contributed by atoms with Crippen LogP contribution in [0, 0.1) is 0 Å². The summed E-state index contributed by atoms with van der Waals surface area (Å²) in [5, 5.41) is 2.67. The molecular formula is C52H41N. The van der Waals surface area contributed by atoms with Crippen molar-refractivity contribution in [2.24, 2.45) is 0 Å². The first-order valence-electron chi connectivity index (χ1n) is 18.8. The van der Waals surface area contributed by atoms with Crippen LogP contribution in [-0.2, 0) is 10.8 Å². The van der Waals surface area contributed by atoms with Gasteiger partial charge in [-0.05, 0) is 120 Å². The smallest absolute Gasteiger partial charge is 0.0465 e. The SMILES string of the molecule is CC1(C)c2ccccc2-c2ccc(N(c3ccccc3)c3ccc(-c4ccc5c(c4)-c4c(-c6ccccc6)ccc6cccc(c46)C5(C)C)cc3)cc21. The lowest BCUT2D eigenvalue weighted by Crippen LogP contribution is -2.24. The van der Waals surface area contributed by atoms with Crippen LogP contribution in [0.15, 0.2) is 176 Å². The Labute approximate surface area is 312 Å². The van der Waals surface area contributed by atoms with Crippen molar-refractivity contribution in [1.82, 2.24) is 0 Å². The second kappa shape index (κ2) is 11.7. The zero-order valence-electron chi connectivity index (χ0n) is 30.7. The molecule has 0 saturated heterocycles. The van der Waals surface area contributed by atoms with Crippen molar-refractivity contribution in [3.8, 4) is 44.5 Å². The molecule has 0 heterocycles. The van der Waals surface area contributed by atoms with E-state index in [1.807, 2.05) is 0 Å². The van der Waals surface area contributed by atoms with E-state index in [0.717, 1.165) is 11.4 Å². The number of nitrogens with zero attached hydrogens (tertiary/aromatic N) is 1. The highest BCUT2D eigenvalue weighted by Crippen LogP contribution is 2.53. The van der Waals surface area contributed by atoms with Crippen molar-refractivity contribution >= 4 is 27.8 Å². The third-order valence-electron chi connectivity index (χ3n) is 12.1. The molecule has 0 aliphatic heterocycles. The normalized spacial score (nSPS) is 14.3. The van der Waals surface area contributed by atoms with Crippen LogP contribution >= 0.6 is 0 Å². The first-order chi connectivity index (χ1) is 25.8. The molecule has 0 spiro atoms. The molecule has 10 rings (SSSR count). The van der Waals surface area contributed by atoms with Crippen molar-refractivity contribution in [3.05, 3.63) is 198 Å². The van der Waals surface area contributed by atoms with Crippen LogP contribution < -0.4 is 4.90 Å². The standard InChI is InChI=1S/C52H41N/c1-51(2)46-31-25-37(32-44(46)50-41(35-14-7-5-8-15-35)29-24-36-16-13-21-47(51)49(36)50)34-22-26-39(27-23-34)53(38-17-9-6-10-18-38)40-28-30-43-42-19-11-12-20-45(42)52(3,4)48(43)33-40/h5-33H,1-4H3. The summed E-state index contributed by atoms with van der Waals surface area (Å²) >= 11 is 0. The van der Waals surface area contributed by atoms with Gasteiger partial charge in [-0.25, -0.2) is 0 Å². The fourth-order valence-corrected chi connectivity index (χ4v) is 9.32. The fourth-order valence-electron chi connectivity index (χ4n) is 9.32. The van der Waals surface area contributed by atoms with Gasteiger partial charge in [0.2, 0.25) is 0 Å². The predicted octanol–water partition coefficient (Wildman–Crippen LogP) is 14.3. The maximum Gasteiger partial charge on any atom is 0.0465 e. The van der Waals surface area contributed by atoms with Gasteiger partial charge < -0.3 is 4.90 Å². The first-order valence-corrected chi connectivity index (χ1v) is 18.8. The molecule has 2 aliphatic rings. The topological polar surface area (TPSA) is 3.24 Å². The Bertz CT molecular complexity index is 2700. The summed E-state index contributed by atoms with van der Waals surface area (Å²) in [7, 11) is 0. The van der Waals surface area contributed by atoms with Crippen molar-refractivity contribution in [1.29, 1.82) is 0 Å². The molecule has 254 valence electrons. The predicted molar refractivity (Wildman–Crippen MR) is 225 cm³/mol. The molecule has 53 heavy (non-hydrogen) atoms. The molecule has 0 bridgehead atoms. The molecule has 0 aromatic heterocycles. The minimum absolute atomic E-state index is 0.0691. The van der Waals surface area contributed by atoms with Crippen LogP contribution in [0.1, 0.15) is 49.9 Å². The molecule has 0 saturated carbocycles. The Morgan fingerprint density at radius 1 is 0.340 bits per heavy atom. The summed E-state index contributed by atoms with van der Waals surface area (Å²) in [5.74, 6) is 0. The van der Waals surface area contributed by atoms with Crippen LogP contribution in [0.25, 0.3) is 55.3 Å². The van der Waals surface area contributed by atoms with Crippen molar-refractivity contribution < 1.29 is 0 Å². The third-order valence-corrected chi connectivity index (χ3v) is 12.1. The quantitative estimate of drug-likeness (QED) is 0.175. The van der Waals surface area contributed by atoms with Gasteiger partial charge in [-0.3, -0.25) is 0 Å². The average Bonchev–Trinajstić information content (AvgIpc) is 3.43. The third kappa shape index (κ3) is 4.77. The van der Waals surface area contributed by atoms with Gasteiger partial charge in [-0.2, -0.15) is 0 Å². The number of hydrogen-bond acceptors (Lipinski definition) is 1. The van der Waals surface area contributed by atoms with E-state index in [-0.39, 0.29) is 10.8 Å². The largest absolute Gasteiger partial charge is 0.310 e. The molecule has 0 N–H and O–H groups in total. The number of hydrogen-bond donors (Lipinski definition) is 0. The molecule has 1 heteroatoms. The van der Waals surface area contributed by atoms with Crippen LogP contribution in [0.3, 0.4) is 0 Å². The van der Waals surface area contributed by atoms with Crippen LogP contribution in [0.4, 0.5) is 17.1 Å². The van der Waals surface area contributed by atoms with Crippen LogP contribution in [0.5, 0.6) is 0 Å². The molecular weight excluding hydrogens is 639 g/mol. The van der Waals surface area contributed by atoms with Crippen molar-refractivity contribution in [2.45, 2.75) is 38.5 Å². The summed E-state index contributed by atoms with van der Waals surface area (Å²) in [4.78, 5) is 2.39. The minimum atomic E-state index is -0.123. The molecule has 0 unspecified atom stereocenters. The van der Waals surface area contributed by atoms with E-state index >= 15 is 0 Å². The molecule has 0 radical (unpaired) electrons. The molecule has 0 fully saturated rings. The first kappa shape index (κ1) is 31.5. The van der Waals surface area contributed by atoms with Crippen LogP contribution in [-0.4, -0.2) is 0 Å². The van der Waals surface area contributed by atoms with E-state index in [1.165, 1.54) is 83.2 Å². The summed E-state index contributed by atoms with van der Waals surface area (Å²) in [6.07, 6.45) is 0. The lowest BCUT2D eigenvalue weighted by Gasteiger charge is -2.36. The monoisotopic (exact) mass is 679 g/mol. The molecule has 1 nitrogen and oxygen atoms in total. The van der Waals surface area contributed by atoms with Gasteiger partial charge in [0.1, 0.15) is 0 Å². The van der Waals surface area contributed by atoms with Crippen LogP contribution in [0.2, 0.25) is 0 Å². The maximum atomic E-state index is 2.44. The lowest BCUT2D eigenvalue weighted by atomic mass is 9.67. The Balaban J connectivity index is 1.09. The zero-order chi connectivity index (χ0) is 35.9. The summed E-state index contributed by atoms with van der Waals surface area (Å²) in [6.45, 7) is 9.46. The van der Waals surface area contributed by atoms with E-state index in [2.05, 4.69) is 209 Å². The average molecular weight is 680 g/mol. The number of para-hydroxylation sites is 1.